The van der Waals surface area contributed by atoms with Crippen molar-refractivity contribution in [3.63, 3.8) is 0 Å². The topological polar surface area (TPSA) is 108 Å². The largest absolute Gasteiger partial charge is 0.477 e. The lowest BCUT2D eigenvalue weighted by Gasteiger charge is -2.25. The number of allylic oxidation sites excluding steroid dienone is 4. The van der Waals surface area contributed by atoms with Crippen molar-refractivity contribution in [2.24, 2.45) is 0 Å². The van der Waals surface area contributed by atoms with Crippen LogP contribution in [0.25, 0.3) is 0 Å². The highest BCUT2D eigenvalue weighted by molar-refractivity contribution is 5.71. The van der Waals surface area contributed by atoms with E-state index < -0.39 is 18.4 Å². The fourth-order valence-electron chi connectivity index (χ4n) is 10.0. The van der Waals surface area contributed by atoms with Gasteiger partial charge in [-0.2, -0.15) is 0 Å². The molecule has 2 unspecified atom stereocenters. The van der Waals surface area contributed by atoms with Gasteiger partial charge in [0, 0.05) is 12.8 Å². The molecule has 0 aromatic carbocycles. The molecule has 0 fully saturated rings. The molecule has 0 rings (SSSR count). The predicted octanol–water partition coefficient (Wildman–Crippen LogP) is 20.2. The number of esters is 2. The molecule has 0 spiro atoms. The van der Waals surface area contributed by atoms with E-state index >= 15 is 0 Å². The molecule has 0 amide bonds. The fraction of sp³-hybridized carbons (Fsp3) is 0.897. The maximum atomic E-state index is 12.9. The van der Waals surface area contributed by atoms with Gasteiger partial charge in [-0.15, -0.1) is 0 Å². The van der Waals surface area contributed by atoms with E-state index in [9.17, 15) is 19.5 Å². The van der Waals surface area contributed by atoms with Gasteiger partial charge in [-0.05, 0) is 44.9 Å². The van der Waals surface area contributed by atoms with Gasteiger partial charge in [0.05, 0.1) is 34.4 Å². The van der Waals surface area contributed by atoms with Crippen LogP contribution in [0.1, 0.15) is 335 Å². The highest BCUT2D eigenvalue weighted by Gasteiger charge is 2.25. The van der Waals surface area contributed by atoms with Crippen molar-refractivity contribution in [1.82, 2.24) is 0 Å². The minimum atomic E-state index is -1.51. The molecule has 0 aromatic rings. The lowest BCUT2D eigenvalue weighted by atomic mass is 10.0. The summed E-state index contributed by atoms with van der Waals surface area (Å²) in [7, 11) is 5.99. The summed E-state index contributed by atoms with van der Waals surface area (Å²) in [6, 6.07) is 0. The van der Waals surface area contributed by atoms with E-state index in [2.05, 4.69) is 38.2 Å². The van der Waals surface area contributed by atoms with Gasteiger partial charge in [-0.1, -0.05) is 301 Å². The Kier molecular flexibility index (Phi) is 58.1. The first kappa shape index (κ1) is 74.8. The van der Waals surface area contributed by atoms with Gasteiger partial charge in [-0.25, -0.2) is 4.79 Å². The minimum absolute atomic E-state index is 0.175. The van der Waals surface area contributed by atoms with Crippen molar-refractivity contribution < 1.29 is 42.9 Å². The summed E-state index contributed by atoms with van der Waals surface area (Å²) >= 11 is 0. The van der Waals surface area contributed by atoms with Crippen LogP contribution in [0.4, 0.5) is 0 Å². The first-order chi connectivity index (χ1) is 37.6. The number of ether oxygens (including phenoxy) is 4. The van der Waals surface area contributed by atoms with Crippen molar-refractivity contribution in [1.29, 1.82) is 0 Å². The third-order valence-electron chi connectivity index (χ3n) is 15.2. The molecule has 0 saturated carbocycles. The average molecular weight is 1090 g/mol. The smallest absolute Gasteiger partial charge is 0.361 e. The summed E-state index contributed by atoms with van der Waals surface area (Å²) in [5.74, 6) is -1.98. The highest BCUT2D eigenvalue weighted by atomic mass is 16.7. The van der Waals surface area contributed by atoms with E-state index in [0.717, 1.165) is 44.9 Å². The van der Waals surface area contributed by atoms with Crippen LogP contribution in [0.3, 0.4) is 0 Å². The molecule has 1 N–H and O–H groups in total. The third-order valence-corrected chi connectivity index (χ3v) is 15.2. The summed E-state index contributed by atoms with van der Waals surface area (Å²) in [6.45, 7) is 4.94. The van der Waals surface area contributed by atoms with E-state index in [1.54, 1.807) is 0 Å². The Morgan fingerprint density at radius 1 is 0.390 bits per heavy atom. The second-order valence-electron chi connectivity index (χ2n) is 24.1. The first-order valence-corrected chi connectivity index (χ1v) is 33.5. The molecule has 0 aromatic heterocycles. The normalized spacial score (nSPS) is 12.8. The number of rotatable bonds is 63. The standard InChI is InChI=1S/C68H129NO8/c1-6-8-10-12-14-16-18-20-22-24-26-28-30-32-33-35-37-39-41-43-45-47-49-51-53-55-57-59-66(71)77-64(63-76-68(67(72)73)74-61-60-69(3,4)5)62-75-65(70)58-56-54-52-50-48-46-44-42-40-38-36-34-31-29-27-25-23-21-19-17-15-13-11-9-7-2/h18,20,24,26,64,68H,6-17,19,21-23,25,27-63H2,1-5H3/p+1/b20-18-,26-24-. The molecule has 0 aliphatic carbocycles. The van der Waals surface area contributed by atoms with E-state index in [1.807, 2.05) is 21.1 Å². The highest BCUT2D eigenvalue weighted by Crippen LogP contribution is 2.18. The summed E-state index contributed by atoms with van der Waals surface area (Å²) in [5, 5.41) is 9.73. The molecule has 0 bridgehead atoms. The molecule has 0 heterocycles. The van der Waals surface area contributed by atoms with E-state index in [1.165, 1.54) is 263 Å². The summed E-state index contributed by atoms with van der Waals surface area (Å²) in [6.07, 6.45) is 69.9. The number of unbranched alkanes of at least 4 members (excludes halogenated alkanes) is 44. The summed E-state index contributed by atoms with van der Waals surface area (Å²) in [5.41, 5.74) is 0. The van der Waals surface area contributed by atoms with Gasteiger partial charge >= 0.3 is 17.9 Å². The zero-order chi connectivity index (χ0) is 56.2. The van der Waals surface area contributed by atoms with Crippen molar-refractivity contribution in [2.45, 2.75) is 347 Å². The van der Waals surface area contributed by atoms with Gasteiger partial charge in [0.2, 0.25) is 0 Å². The number of hydrogen-bond acceptors (Lipinski definition) is 7. The SMILES string of the molecule is CCCCCCC/C=C\C/C=C\CCCCCCCCCCCCCCCCCC(=O)OC(COC(=O)CCCCCCCCCCCCCCCCCCCCCCCCCCC)COC(OCC[N+](C)(C)C)C(=O)O. The summed E-state index contributed by atoms with van der Waals surface area (Å²) < 4.78 is 23.0. The molecular weight excluding hydrogens is 959 g/mol. The molecule has 0 radical (unpaired) electrons. The molecule has 77 heavy (non-hydrogen) atoms. The van der Waals surface area contributed by atoms with Crippen molar-refractivity contribution in [3.05, 3.63) is 24.3 Å². The van der Waals surface area contributed by atoms with Crippen LogP contribution >= 0.6 is 0 Å². The molecule has 9 nitrogen and oxygen atoms in total. The van der Waals surface area contributed by atoms with Gasteiger partial charge in [0.25, 0.3) is 6.29 Å². The average Bonchev–Trinajstić information content (AvgIpc) is 3.40. The first-order valence-electron chi connectivity index (χ1n) is 33.5. The number of carboxylic acids is 1. The fourth-order valence-corrected chi connectivity index (χ4v) is 10.0. The van der Waals surface area contributed by atoms with Gasteiger partial charge in [0.15, 0.2) is 6.10 Å². The third kappa shape index (κ3) is 61.2. The Bertz CT molecular complexity index is 1310. The molecule has 454 valence electrons. The number of nitrogens with zero attached hydrogens (tertiary/aromatic N) is 1. The second kappa shape index (κ2) is 59.9. The Morgan fingerprint density at radius 2 is 0.701 bits per heavy atom. The van der Waals surface area contributed by atoms with Crippen LogP contribution < -0.4 is 0 Å². The number of carbonyl (C=O) groups excluding carboxylic acids is 2. The lowest BCUT2D eigenvalue weighted by Crippen LogP contribution is -2.40. The van der Waals surface area contributed by atoms with E-state index in [0.29, 0.717) is 17.4 Å². The number of carboxylic acid groups (broad SMARTS) is 1. The molecule has 0 aliphatic rings. The monoisotopic (exact) mass is 1090 g/mol. The molecule has 2 atom stereocenters. The second-order valence-corrected chi connectivity index (χ2v) is 24.1. The van der Waals surface area contributed by atoms with Crippen molar-refractivity contribution >= 4 is 17.9 Å². The lowest BCUT2D eigenvalue weighted by molar-refractivity contribution is -0.870. The van der Waals surface area contributed by atoms with Crippen molar-refractivity contribution in [2.75, 3.05) is 47.5 Å². The maximum Gasteiger partial charge on any atom is 0.361 e. The Labute approximate surface area is 478 Å². The molecular formula is C68H130NO8+. The zero-order valence-electron chi connectivity index (χ0n) is 51.9. The number of hydrogen-bond donors (Lipinski definition) is 1. The van der Waals surface area contributed by atoms with Crippen LogP contribution in [-0.2, 0) is 33.3 Å². The van der Waals surface area contributed by atoms with Crippen LogP contribution in [0.5, 0.6) is 0 Å². The van der Waals surface area contributed by atoms with Crippen LogP contribution in [0.15, 0.2) is 24.3 Å². The van der Waals surface area contributed by atoms with Gasteiger partial charge in [0.1, 0.15) is 13.2 Å². The number of likely N-dealkylation sites (N-methyl/N-ethyl adjacent to an activating group) is 1. The Balaban J connectivity index is 4.11. The minimum Gasteiger partial charge on any atom is -0.477 e. The summed E-state index contributed by atoms with van der Waals surface area (Å²) in [4.78, 5) is 37.6. The number of aliphatic carboxylic acids is 1. The predicted molar refractivity (Wildman–Crippen MR) is 328 cm³/mol. The Hall–Kier alpha value is -2.23. The zero-order valence-corrected chi connectivity index (χ0v) is 51.9. The quantitative estimate of drug-likeness (QED) is 0.0211. The van der Waals surface area contributed by atoms with Gasteiger partial charge in [-0.3, -0.25) is 9.59 Å². The van der Waals surface area contributed by atoms with Crippen LogP contribution in [-0.4, -0.2) is 87.4 Å². The molecule has 0 aliphatic heterocycles. The molecule has 0 saturated heterocycles. The molecule has 9 heteroatoms. The number of carbonyl (C=O) groups is 3. The maximum absolute atomic E-state index is 12.9. The van der Waals surface area contributed by atoms with Crippen LogP contribution in [0, 0.1) is 0 Å². The Morgan fingerprint density at radius 3 is 1.03 bits per heavy atom. The van der Waals surface area contributed by atoms with Crippen molar-refractivity contribution in [3.8, 4) is 0 Å². The van der Waals surface area contributed by atoms with E-state index in [-0.39, 0.29) is 38.2 Å². The number of quaternary nitrogens is 1. The van der Waals surface area contributed by atoms with E-state index in [4.69, 9.17) is 18.9 Å². The van der Waals surface area contributed by atoms with Crippen LogP contribution in [0.2, 0.25) is 0 Å². The van der Waals surface area contributed by atoms with Gasteiger partial charge < -0.3 is 28.5 Å².